The summed E-state index contributed by atoms with van der Waals surface area (Å²) in [5.74, 6) is 0. The van der Waals surface area contributed by atoms with E-state index >= 15 is 0 Å². The molecule has 96 valence electrons. The highest BCUT2D eigenvalue weighted by atomic mass is 32.2. The van der Waals surface area contributed by atoms with Gasteiger partial charge < -0.3 is 0 Å². The van der Waals surface area contributed by atoms with Gasteiger partial charge in [-0.05, 0) is 18.2 Å². The lowest BCUT2D eigenvalue weighted by atomic mass is 10.1. The van der Waals surface area contributed by atoms with Crippen molar-refractivity contribution in [2.75, 3.05) is 6.26 Å². The highest BCUT2D eigenvalue weighted by Gasteiger charge is 2.12. The number of nitriles is 1. The zero-order valence-electron chi connectivity index (χ0n) is 9.94. The van der Waals surface area contributed by atoms with Crippen molar-refractivity contribution < 1.29 is 13.2 Å². The summed E-state index contributed by atoms with van der Waals surface area (Å²) in [6, 6.07) is 6.44. The van der Waals surface area contributed by atoms with Crippen LogP contribution in [0, 0.1) is 11.3 Å². The first-order valence-corrected chi connectivity index (χ1v) is 7.09. The molecule has 0 saturated carbocycles. The lowest BCUT2D eigenvalue weighted by Crippen LogP contribution is -1.99. The number of aromatic nitrogens is 2. The molecule has 0 spiro atoms. The van der Waals surface area contributed by atoms with Gasteiger partial charge in [0.15, 0.2) is 9.84 Å². The molecule has 0 aliphatic carbocycles. The molecule has 0 unspecified atom stereocenters. The van der Waals surface area contributed by atoms with E-state index in [9.17, 15) is 13.2 Å². The quantitative estimate of drug-likeness (QED) is 0.778. The van der Waals surface area contributed by atoms with Gasteiger partial charge in [0.2, 0.25) is 0 Å². The minimum Gasteiger partial charge on any atom is -0.298 e. The van der Waals surface area contributed by atoms with Crippen LogP contribution in [0.1, 0.15) is 15.9 Å². The number of carbonyl (C=O) groups is 1. The van der Waals surface area contributed by atoms with Gasteiger partial charge in [-0.1, -0.05) is 0 Å². The van der Waals surface area contributed by atoms with Gasteiger partial charge in [-0.3, -0.25) is 4.79 Å². The average molecular weight is 275 g/mol. The standard InChI is InChI=1S/C12H9N3O3S/c1-19(17,18)11-6-14-15(7-11)12-3-2-9(8-16)4-10(12)5-13/h2-4,6-8H,1H3. The van der Waals surface area contributed by atoms with E-state index < -0.39 is 9.84 Å². The summed E-state index contributed by atoms with van der Waals surface area (Å²) in [7, 11) is -3.34. The van der Waals surface area contributed by atoms with Crippen LogP contribution in [-0.4, -0.2) is 30.7 Å². The van der Waals surface area contributed by atoms with Crippen LogP contribution in [0.15, 0.2) is 35.5 Å². The SMILES string of the molecule is CS(=O)(=O)c1cnn(-c2ccc(C=O)cc2C#N)c1. The number of benzene rings is 1. The molecule has 0 amide bonds. The Morgan fingerprint density at radius 2 is 2.16 bits per heavy atom. The molecule has 0 radical (unpaired) electrons. The van der Waals surface area contributed by atoms with Gasteiger partial charge in [0, 0.05) is 18.0 Å². The van der Waals surface area contributed by atoms with Crippen molar-refractivity contribution >= 4 is 16.1 Å². The number of rotatable bonds is 3. The Balaban J connectivity index is 2.57. The smallest absolute Gasteiger partial charge is 0.178 e. The molecule has 1 aromatic carbocycles. The molecule has 0 saturated heterocycles. The van der Waals surface area contributed by atoms with Crippen molar-refractivity contribution in [1.82, 2.24) is 9.78 Å². The number of hydrogen-bond acceptors (Lipinski definition) is 5. The third-order valence-corrected chi connectivity index (χ3v) is 3.58. The van der Waals surface area contributed by atoms with Crippen molar-refractivity contribution in [2.45, 2.75) is 4.90 Å². The maximum atomic E-state index is 11.4. The summed E-state index contributed by atoms with van der Waals surface area (Å²) in [4.78, 5) is 10.7. The third-order valence-electron chi connectivity index (χ3n) is 2.51. The van der Waals surface area contributed by atoms with Gasteiger partial charge in [0.1, 0.15) is 17.3 Å². The Labute approximate surface area is 109 Å². The summed E-state index contributed by atoms with van der Waals surface area (Å²) >= 11 is 0. The molecule has 0 fully saturated rings. The number of sulfone groups is 1. The van der Waals surface area contributed by atoms with E-state index in [1.54, 1.807) is 6.07 Å². The van der Waals surface area contributed by atoms with Crippen LogP contribution < -0.4 is 0 Å². The molecule has 2 rings (SSSR count). The summed E-state index contributed by atoms with van der Waals surface area (Å²) in [5.41, 5.74) is 1.03. The molecular formula is C12H9N3O3S. The molecule has 1 aromatic heterocycles. The average Bonchev–Trinajstić information content (AvgIpc) is 2.87. The number of nitrogens with zero attached hydrogens (tertiary/aromatic N) is 3. The second-order valence-corrected chi connectivity index (χ2v) is 5.91. The minimum atomic E-state index is -3.34. The number of hydrogen-bond donors (Lipinski definition) is 0. The molecule has 2 aromatic rings. The third kappa shape index (κ3) is 2.53. The Morgan fingerprint density at radius 3 is 2.68 bits per heavy atom. The van der Waals surface area contributed by atoms with Crippen molar-refractivity contribution in [3.8, 4) is 11.8 Å². The zero-order valence-corrected chi connectivity index (χ0v) is 10.8. The van der Waals surface area contributed by atoms with Gasteiger partial charge in [-0.15, -0.1) is 0 Å². The van der Waals surface area contributed by atoms with Crippen LogP contribution in [0.5, 0.6) is 0 Å². The predicted octanol–water partition coefficient (Wildman–Crippen LogP) is 0.960. The summed E-state index contributed by atoms with van der Waals surface area (Å²) < 4.78 is 24.0. The van der Waals surface area contributed by atoms with Gasteiger partial charge in [0.25, 0.3) is 0 Å². The van der Waals surface area contributed by atoms with Crippen LogP contribution in [0.2, 0.25) is 0 Å². The molecule has 0 aliphatic heterocycles. The molecule has 0 N–H and O–H groups in total. The fourth-order valence-corrected chi connectivity index (χ4v) is 2.08. The predicted molar refractivity (Wildman–Crippen MR) is 66.8 cm³/mol. The number of carbonyl (C=O) groups excluding carboxylic acids is 1. The summed E-state index contributed by atoms with van der Waals surface area (Å²) in [6.45, 7) is 0. The maximum Gasteiger partial charge on any atom is 0.178 e. The van der Waals surface area contributed by atoms with Crippen molar-refractivity contribution in [3.63, 3.8) is 0 Å². The van der Waals surface area contributed by atoms with Crippen LogP contribution in [0.4, 0.5) is 0 Å². The maximum absolute atomic E-state index is 11.4. The van der Waals surface area contributed by atoms with Gasteiger partial charge in [0.05, 0.1) is 17.4 Å². The van der Waals surface area contributed by atoms with E-state index in [0.29, 0.717) is 17.5 Å². The Bertz CT molecular complexity index is 785. The lowest BCUT2D eigenvalue weighted by Gasteiger charge is -2.04. The molecule has 7 heteroatoms. The first-order chi connectivity index (χ1) is 8.95. The number of aldehydes is 1. The minimum absolute atomic E-state index is 0.0656. The van der Waals surface area contributed by atoms with Crippen LogP contribution in [-0.2, 0) is 9.84 Å². The van der Waals surface area contributed by atoms with Crippen LogP contribution in [0.25, 0.3) is 5.69 Å². The molecule has 0 atom stereocenters. The normalized spacial score (nSPS) is 10.9. The van der Waals surface area contributed by atoms with E-state index in [0.717, 1.165) is 6.26 Å². The molecule has 19 heavy (non-hydrogen) atoms. The second kappa shape index (κ2) is 4.66. The van der Waals surface area contributed by atoms with Gasteiger partial charge in [-0.2, -0.15) is 10.4 Å². The van der Waals surface area contributed by atoms with Crippen molar-refractivity contribution in [3.05, 3.63) is 41.7 Å². The highest BCUT2D eigenvalue weighted by Crippen LogP contribution is 2.17. The Morgan fingerprint density at radius 1 is 1.42 bits per heavy atom. The molecular weight excluding hydrogens is 266 g/mol. The second-order valence-electron chi connectivity index (χ2n) is 3.90. The summed E-state index contributed by atoms with van der Waals surface area (Å²) in [5, 5.41) is 13.0. The van der Waals surface area contributed by atoms with Crippen molar-refractivity contribution in [2.24, 2.45) is 0 Å². The molecule has 6 nitrogen and oxygen atoms in total. The van der Waals surface area contributed by atoms with E-state index in [-0.39, 0.29) is 10.5 Å². The zero-order chi connectivity index (χ0) is 14.0. The highest BCUT2D eigenvalue weighted by molar-refractivity contribution is 7.90. The fourth-order valence-electron chi connectivity index (χ4n) is 1.55. The fraction of sp³-hybridized carbons (Fsp3) is 0.0833. The van der Waals surface area contributed by atoms with E-state index in [1.807, 2.05) is 6.07 Å². The molecule has 0 aliphatic rings. The largest absolute Gasteiger partial charge is 0.298 e. The van der Waals surface area contributed by atoms with E-state index in [4.69, 9.17) is 5.26 Å². The van der Waals surface area contributed by atoms with Crippen LogP contribution >= 0.6 is 0 Å². The summed E-state index contributed by atoms with van der Waals surface area (Å²) in [6.07, 6.45) is 4.25. The van der Waals surface area contributed by atoms with E-state index in [2.05, 4.69) is 5.10 Å². The molecule has 0 bridgehead atoms. The monoisotopic (exact) mass is 275 g/mol. The Kier molecular flexibility index (Phi) is 3.19. The van der Waals surface area contributed by atoms with Crippen LogP contribution in [0.3, 0.4) is 0 Å². The first kappa shape index (κ1) is 13.0. The van der Waals surface area contributed by atoms with Crippen molar-refractivity contribution in [1.29, 1.82) is 5.26 Å². The topological polar surface area (TPSA) is 92.8 Å². The molecule has 1 heterocycles. The lowest BCUT2D eigenvalue weighted by molar-refractivity contribution is 0.112. The first-order valence-electron chi connectivity index (χ1n) is 5.20. The Hall–Kier alpha value is -2.46. The van der Waals surface area contributed by atoms with E-state index in [1.165, 1.54) is 29.2 Å². The van der Waals surface area contributed by atoms with Gasteiger partial charge in [-0.25, -0.2) is 13.1 Å². The van der Waals surface area contributed by atoms with Gasteiger partial charge >= 0.3 is 0 Å².